The van der Waals surface area contributed by atoms with E-state index < -0.39 is 5.97 Å². The fourth-order valence-electron chi connectivity index (χ4n) is 2.66. The molecule has 0 amide bonds. The predicted molar refractivity (Wildman–Crippen MR) is 115 cm³/mol. The maximum absolute atomic E-state index is 12.7. The third-order valence-electron chi connectivity index (χ3n) is 3.82. The lowest BCUT2D eigenvalue weighted by Crippen LogP contribution is -2.20. The van der Waals surface area contributed by atoms with Crippen LogP contribution in [0, 0.1) is 10.5 Å². The van der Waals surface area contributed by atoms with Crippen molar-refractivity contribution in [2.75, 3.05) is 6.61 Å². The quantitative estimate of drug-likeness (QED) is 0.236. The van der Waals surface area contributed by atoms with Crippen LogP contribution in [0.5, 0.6) is 11.5 Å². The Hall–Kier alpha value is -2.75. The molecule has 0 radical (unpaired) electrons. The van der Waals surface area contributed by atoms with Crippen LogP contribution in [-0.4, -0.2) is 28.5 Å². The van der Waals surface area contributed by atoms with Crippen molar-refractivity contribution in [3.8, 4) is 11.5 Å². The van der Waals surface area contributed by atoms with Gasteiger partial charge in [0.25, 0.3) is 5.56 Å². The molecule has 0 unspecified atom stereocenters. The number of hydrogen-bond acceptors (Lipinski definition) is 6. The SMILES string of the molecule is CCOc1cc(/C=N\n2c(C)nc3ccccc3c2=O)cc(I)c1OC(C)=O. The highest BCUT2D eigenvalue weighted by Gasteiger charge is 2.14. The monoisotopic (exact) mass is 491 g/mol. The van der Waals surface area contributed by atoms with Crippen molar-refractivity contribution < 1.29 is 14.3 Å². The van der Waals surface area contributed by atoms with Gasteiger partial charge in [0, 0.05) is 6.92 Å². The number of aromatic nitrogens is 2. The van der Waals surface area contributed by atoms with Gasteiger partial charge >= 0.3 is 5.97 Å². The summed E-state index contributed by atoms with van der Waals surface area (Å²) >= 11 is 2.06. The Kier molecular flexibility index (Phi) is 6.08. The summed E-state index contributed by atoms with van der Waals surface area (Å²) in [7, 11) is 0. The number of fused-ring (bicyclic) bond motifs is 1. The second-order valence-electron chi connectivity index (χ2n) is 5.89. The van der Waals surface area contributed by atoms with Gasteiger partial charge in [-0.1, -0.05) is 12.1 Å². The van der Waals surface area contributed by atoms with Gasteiger partial charge in [0.1, 0.15) is 5.82 Å². The molecule has 0 bridgehead atoms. The van der Waals surface area contributed by atoms with Gasteiger partial charge in [-0.25, -0.2) is 4.98 Å². The van der Waals surface area contributed by atoms with E-state index in [1.165, 1.54) is 11.6 Å². The molecule has 0 saturated carbocycles. The Balaban J connectivity index is 2.04. The molecule has 2 aromatic carbocycles. The number of hydrogen-bond donors (Lipinski definition) is 0. The van der Waals surface area contributed by atoms with E-state index in [1.807, 2.05) is 13.0 Å². The number of carbonyl (C=O) groups excluding carboxylic acids is 1. The fraction of sp³-hybridized carbons (Fsp3) is 0.200. The summed E-state index contributed by atoms with van der Waals surface area (Å²) < 4.78 is 12.8. The number of ether oxygens (including phenoxy) is 2. The van der Waals surface area contributed by atoms with Crippen LogP contribution in [0.1, 0.15) is 25.2 Å². The van der Waals surface area contributed by atoms with Gasteiger partial charge in [0.15, 0.2) is 11.5 Å². The fourth-order valence-corrected chi connectivity index (χ4v) is 3.40. The summed E-state index contributed by atoms with van der Waals surface area (Å²) in [6.07, 6.45) is 1.55. The molecule has 0 aliphatic heterocycles. The van der Waals surface area contributed by atoms with Gasteiger partial charge in [-0.05, 0) is 66.3 Å². The van der Waals surface area contributed by atoms with Gasteiger partial charge < -0.3 is 9.47 Å². The molecule has 28 heavy (non-hydrogen) atoms. The smallest absolute Gasteiger partial charge is 0.308 e. The van der Waals surface area contributed by atoms with Gasteiger partial charge in [0.2, 0.25) is 0 Å². The zero-order valence-corrected chi connectivity index (χ0v) is 17.8. The number of carbonyl (C=O) groups is 1. The number of nitrogens with zero attached hydrogens (tertiary/aromatic N) is 3. The van der Waals surface area contributed by atoms with Crippen LogP contribution >= 0.6 is 22.6 Å². The normalized spacial score (nSPS) is 11.1. The average Bonchev–Trinajstić information content (AvgIpc) is 2.64. The van der Waals surface area contributed by atoms with E-state index >= 15 is 0 Å². The lowest BCUT2D eigenvalue weighted by Gasteiger charge is -2.12. The largest absolute Gasteiger partial charge is 0.490 e. The van der Waals surface area contributed by atoms with Crippen LogP contribution in [0.25, 0.3) is 10.9 Å². The summed E-state index contributed by atoms with van der Waals surface area (Å²) in [6.45, 7) is 5.32. The number of para-hydroxylation sites is 1. The first-order valence-corrected chi connectivity index (χ1v) is 9.66. The Bertz CT molecular complexity index is 1140. The van der Waals surface area contributed by atoms with E-state index in [0.29, 0.717) is 44.0 Å². The van der Waals surface area contributed by atoms with Crippen molar-refractivity contribution >= 4 is 45.7 Å². The third-order valence-corrected chi connectivity index (χ3v) is 4.62. The molecule has 0 saturated heterocycles. The highest BCUT2D eigenvalue weighted by molar-refractivity contribution is 14.1. The highest BCUT2D eigenvalue weighted by Crippen LogP contribution is 2.34. The zero-order chi connectivity index (χ0) is 20.3. The third kappa shape index (κ3) is 4.22. The number of benzene rings is 2. The second-order valence-corrected chi connectivity index (χ2v) is 7.06. The number of aryl methyl sites for hydroxylation is 1. The van der Waals surface area contributed by atoms with E-state index in [-0.39, 0.29) is 5.56 Å². The van der Waals surface area contributed by atoms with Crippen LogP contribution in [0.2, 0.25) is 0 Å². The summed E-state index contributed by atoms with van der Waals surface area (Å²) in [5.41, 5.74) is 1.09. The summed E-state index contributed by atoms with van der Waals surface area (Å²) in [6, 6.07) is 10.6. The van der Waals surface area contributed by atoms with E-state index in [9.17, 15) is 9.59 Å². The van der Waals surface area contributed by atoms with Crippen molar-refractivity contribution in [1.29, 1.82) is 0 Å². The molecule has 0 N–H and O–H groups in total. The van der Waals surface area contributed by atoms with Gasteiger partial charge in [-0.2, -0.15) is 9.78 Å². The van der Waals surface area contributed by atoms with Crippen molar-refractivity contribution in [3.63, 3.8) is 0 Å². The number of esters is 1. The summed E-state index contributed by atoms with van der Waals surface area (Å²) in [5, 5.41) is 4.81. The van der Waals surface area contributed by atoms with Crippen LogP contribution in [-0.2, 0) is 4.79 Å². The van der Waals surface area contributed by atoms with Crippen molar-refractivity contribution in [2.45, 2.75) is 20.8 Å². The topological polar surface area (TPSA) is 82.8 Å². The van der Waals surface area contributed by atoms with E-state index in [2.05, 4.69) is 32.7 Å². The van der Waals surface area contributed by atoms with Gasteiger partial charge in [-0.15, -0.1) is 0 Å². The molecule has 0 fully saturated rings. The van der Waals surface area contributed by atoms with Crippen LogP contribution < -0.4 is 15.0 Å². The Morgan fingerprint density at radius 1 is 1.32 bits per heavy atom. The second kappa shape index (κ2) is 8.51. The maximum atomic E-state index is 12.7. The van der Waals surface area contributed by atoms with E-state index in [1.54, 1.807) is 43.5 Å². The minimum absolute atomic E-state index is 0.240. The molecule has 0 aliphatic rings. The molecule has 3 rings (SSSR count). The molecule has 7 nitrogen and oxygen atoms in total. The van der Waals surface area contributed by atoms with Crippen molar-refractivity contribution in [3.05, 3.63) is 61.7 Å². The molecule has 0 atom stereocenters. The Morgan fingerprint density at radius 2 is 2.07 bits per heavy atom. The first kappa shape index (κ1) is 20.0. The van der Waals surface area contributed by atoms with Crippen LogP contribution in [0.15, 0.2) is 46.3 Å². The standard InChI is InChI=1S/C20H18IN3O4/c1-4-27-18-10-14(9-16(21)19(18)28-13(3)25)11-22-24-12(2)23-17-8-6-5-7-15(17)20(24)26/h5-11H,4H2,1-3H3/b22-11-. The minimum atomic E-state index is -0.426. The highest BCUT2D eigenvalue weighted by atomic mass is 127. The molecular weight excluding hydrogens is 473 g/mol. The number of halogens is 1. The lowest BCUT2D eigenvalue weighted by molar-refractivity contribution is -0.132. The lowest BCUT2D eigenvalue weighted by atomic mass is 10.2. The first-order chi connectivity index (χ1) is 13.4. The Labute approximate surface area is 175 Å². The van der Waals surface area contributed by atoms with Gasteiger partial charge in [0.05, 0.1) is 27.3 Å². The Morgan fingerprint density at radius 3 is 2.79 bits per heavy atom. The van der Waals surface area contributed by atoms with E-state index in [4.69, 9.17) is 9.47 Å². The average molecular weight is 491 g/mol. The van der Waals surface area contributed by atoms with E-state index in [0.717, 1.165) is 0 Å². The minimum Gasteiger partial charge on any atom is -0.490 e. The molecule has 1 aromatic heterocycles. The molecule has 0 spiro atoms. The molecule has 8 heteroatoms. The molecule has 0 aliphatic carbocycles. The first-order valence-electron chi connectivity index (χ1n) is 8.58. The zero-order valence-electron chi connectivity index (χ0n) is 15.6. The summed E-state index contributed by atoms with van der Waals surface area (Å²) in [4.78, 5) is 28.5. The van der Waals surface area contributed by atoms with Crippen LogP contribution in [0.4, 0.5) is 0 Å². The predicted octanol–water partition coefficient (Wildman–Crippen LogP) is 3.52. The van der Waals surface area contributed by atoms with Crippen molar-refractivity contribution in [1.82, 2.24) is 9.66 Å². The van der Waals surface area contributed by atoms with Crippen LogP contribution in [0.3, 0.4) is 0 Å². The summed E-state index contributed by atoms with van der Waals surface area (Å²) in [5.74, 6) is 0.862. The van der Waals surface area contributed by atoms with Gasteiger partial charge in [-0.3, -0.25) is 9.59 Å². The molecular formula is C20H18IN3O4. The molecule has 3 aromatic rings. The molecule has 144 valence electrons. The van der Waals surface area contributed by atoms with Crippen molar-refractivity contribution in [2.24, 2.45) is 5.10 Å². The number of rotatable bonds is 5. The molecule has 1 heterocycles. The maximum Gasteiger partial charge on any atom is 0.308 e.